The Morgan fingerprint density at radius 3 is 2.75 bits per heavy atom. The molecule has 1 rings (SSSR count). The number of carbonyl (C=O) groups excluding carboxylic acids is 1. The Bertz CT molecular complexity index is 222. The average molecular weight is 246 g/mol. The van der Waals surface area contributed by atoms with Crippen LogP contribution in [0.1, 0.15) is 25.7 Å². The molecule has 1 aliphatic rings. The van der Waals surface area contributed by atoms with Gasteiger partial charge in [0.15, 0.2) is 0 Å². The molecule has 0 aromatic heterocycles. The van der Waals surface area contributed by atoms with Gasteiger partial charge in [-0.1, -0.05) is 0 Å². The monoisotopic (exact) mass is 246 g/mol. The smallest absolute Gasteiger partial charge is 0.239 e. The van der Waals surface area contributed by atoms with Gasteiger partial charge in [-0.15, -0.1) is 0 Å². The van der Waals surface area contributed by atoms with Crippen LogP contribution in [0.2, 0.25) is 0 Å². The van der Waals surface area contributed by atoms with Crippen LogP contribution in [0.25, 0.3) is 0 Å². The van der Waals surface area contributed by atoms with Gasteiger partial charge in [0.25, 0.3) is 0 Å². The predicted octanol–water partition coefficient (Wildman–Crippen LogP) is 0.440. The maximum atomic E-state index is 12.1. The summed E-state index contributed by atoms with van der Waals surface area (Å²) in [4.78, 5) is 13.8. The van der Waals surface area contributed by atoms with E-state index in [0.29, 0.717) is 19.0 Å². The van der Waals surface area contributed by atoms with Gasteiger partial charge in [-0.2, -0.15) is 11.8 Å². The standard InChI is InChI=1S/C11H22N2O2S/c1-16-8-5-10(12)11(15)13(6-7-14)9-3-2-4-9/h9-10,14H,2-8,12H2,1H3/t10-/m0/s1. The van der Waals surface area contributed by atoms with Crippen molar-refractivity contribution < 1.29 is 9.90 Å². The molecule has 5 heteroatoms. The molecule has 1 amide bonds. The minimum atomic E-state index is -0.403. The summed E-state index contributed by atoms with van der Waals surface area (Å²) in [5.41, 5.74) is 5.86. The van der Waals surface area contributed by atoms with E-state index in [1.807, 2.05) is 6.26 Å². The van der Waals surface area contributed by atoms with Crippen molar-refractivity contribution >= 4 is 17.7 Å². The van der Waals surface area contributed by atoms with Gasteiger partial charge in [0, 0.05) is 12.6 Å². The molecule has 1 fully saturated rings. The quantitative estimate of drug-likeness (QED) is 0.684. The number of hydrogen-bond donors (Lipinski definition) is 2. The predicted molar refractivity (Wildman–Crippen MR) is 67.4 cm³/mol. The third-order valence-electron chi connectivity index (χ3n) is 3.09. The van der Waals surface area contributed by atoms with Crippen LogP contribution in [0.4, 0.5) is 0 Å². The highest BCUT2D eigenvalue weighted by Crippen LogP contribution is 2.25. The average Bonchev–Trinajstić information content (AvgIpc) is 2.21. The zero-order chi connectivity index (χ0) is 12.0. The molecule has 0 aliphatic heterocycles. The summed E-state index contributed by atoms with van der Waals surface area (Å²) in [6, 6.07) is -0.0837. The van der Waals surface area contributed by atoms with E-state index < -0.39 is 6.04 Å². The molecule has 4 nitrogen and oxygen atoms in total. The molecular formula is C11H22N2O2S. The van der Waals surface area contributed by atoms with Gasteiger partial charge >= 0.3 is 0 Å². The number of aliphatic hydroxyl groups excluding tert-OH is 1. The Morgan fingerprint density at radius 1 is 1.62 bits per heavy atom. The van der Waals surface area contributed by atoms with Crippen molar-refractivity contribution in [3.05, 3.63) is 0 Å². The number of amides is 1. The van der Waals surface area contributed by atoms with Gasteiger partial charge in [0.2, 0.25) is 5.91 Å². The lowest BCUT2D eigenvalue weighted by Gasteiger charge is -2.38. The van der Waals surface area contributed by atoms with Gasteiger partial charge in [0.05, 0.1) is 12.6 Å². The van der Waals surface area contributed by atoms with Gasteiger partial charge < -0.3 is 15.7 Å². The van der Waals surface area contributed by atoms with E-state index in [-0.39, 0.29) is 12.5 Å². The van der Waals surface area contributed by atoms with Gasteiger partial charge in [-0.05, 0) is 37.7 Å². The first-order valence-corrected chi connectivity index (χ1v) is 7.26. The first kappa shape index (κ1) is 13.8. The van der Waals surface area contributed by atoms with E-state index >= 15 is 0 Å². The van der Waals surface area contributed by atoms with Crippen molar-refractivity contribution in [1.29, 1.82) is 0 Å². The number of thioether (sulfide) groups is 1. The molecule has 1 atom stereocenters. The molecule has 3 N–H and O–H groups in total. The fourth-order valence-electron chi connectivity index (χ4n) is 1.86. The lowest BCUT2D eigenvalue weighted by Crippen LogP contribution is -2.52. The molecule has 0 heterocycles. The molecule has 0 aromatic carbocycles. The van der Waals surface area contributed by atoms with Crippen LogP contribution in [-0.4, -0.2) is 53.2 Å². The van der Waals surface area contributed by atoms with Crippen molar-refractivity contribution in [2.45, 2.75) is 37.8 Å². The highest BCUT2D eigenvalue weighted by molar-refractivity contribution is 7.98. The first-order valence-electron chi connectivity index (χ1n) is 5.86. The van der Waals surface area contributed by atoms with Crippen LogP contribution < -0.4 is 5.73 Å². The van der Waals surface area contributed by atoms with Crippen LogP contribution in [-0.2, 0) is 4.79 Å². The summed E-state index contributed by atoms with van der Waals surface area (Å²) in [7, 11) is 0. The number of carbonyl (C=O) groups is 1. The number of nitrogens with two attached hydrogens (primary N) is 1. The number of aliphatic hydroxyl groups is 1. The third kappa shape index (κ3) is 3.64. The third-order valence-corrected chi connectivity index (χ3v) is 3.73. The van der Waals surface area contributed by atoms with E-state index in [1.165, 1.54) is 6.42 Å². The molecule has 0 saturated heterocycles. The summed E-state index contributed by atoms with van der Waals surface area (Å²) in [6.07, 6.45) is 6.02. The lowest BCUT2D eigenvalue weighted by molar-refractivity contribution is -0.137. The van der Waals surface area contributed by atoms with E-state index in [1.54, 1.807) is 16.7 Å². The SMILES string of the molecule is CSCC[C@H](N)C(=O)N(CCO)C1CCC1. The molecule has 1 aliphatic carbocycles. The fourth-order valence-corrected chi connectivity index (χ4v) is 2.35. The number of hydrogen-bond acceptors (Lipinski definition) is 4. The fraction of sp³-hybridized carbons (Fsp3) is 0.909. The highest BCUT2D eigenvalue weighted by Gasteiger charge is 2.30. The molecular weight excluding hydrogens is 224 g/mol. The topological polar surface area (TPSA) is 66.6 Å². The summed E-state index contributed by atoms with van der Waals surface area (Å²) in [6.45, 7) is 0.452. The van der Waals surface area contributed by atoms with Crippen LogP contribution in [0, 0.1) is 0 Å². The molecule has 0 spiro atoms. The maximum absolute atomic E-state index is 12.1. The normalized spacial score (nSPS) is 17.9. The maximum Gasteiger partial charge on any atom is 0.239 e. The van der Waals surface area contributed by atoms with Crippen molar-refractivity contribution in [3.63, 3.8) is 0 Å². The van der Waals surface area contributed by atoms with Crippen molar-refractivity contribution in [2.75, 3.05) is 25.2 Å². The van der Waals surface area contributed by atoms with Crippen molar-refractivity contribution in [3.8, 4) is 0 Å². The first-order chi connectivity index (χ1) is 7.70. The molecule has 0 unspecified atom stereocenters. The summed E-state index contributed by atoms with van der Waals surface area (Å²) in [5, 5.41) is 8.97. The number of rotatable bonds is 7. The Morgan fingerprint density at radius 2 is 2.31 bits per heavy atom. The molecule has 0 bridgehead atoms. The lowest BCUT2D eigenvalue weighted by atomic mass is 9.91. The Balaban J connectivity index is 2.45. The zero-order valence-corrected chi connectivity index (χ0v) is 10.7. The van der Waals surface area contributed by atoms with Crippen LogP contribution in [0.15, 0.2) is 0 Å². The van der Waals surface area contributed by atoms with E-state index in [4.69, 9.17) is 10.8 Å². The van der Waals surface area contributed by atoms with Crippen LogP contribution in [0.5, 0.6) is 0 Å². The van der Waals surface area contributed by atoms with Crippen LogP contribution >= 0.6 is 11.8 Å². The minimum absolute atomic E-state index is 0.00722. The number of nitrogens with zero attached hydrogens (tertiary/aromatic N) is 1. The second-order valence-electron chi connectivity index (χ2n) is 4.23. The van der Waals surface area contributed by atoms with Gasteiger partial charge in [-0.25, -0.2) is 0 Å². The summed E-state index contributed by atoms with van der Waals surface area (Å²) in [5.74, 6) is 0.915. The summed E-state index contributed by atoms with van der Waals surface area (Å²) >= 11 is 1.70. The minimum Gasteiger partial charge on any atom is -0.395 e. The Kier molecular flexibility index (Phi) is 6.16. The van der Waals surface area contributed by atoms with Crippen molar-refractivity contribution in [1.82, 2.24) is 4.90 Å². The highest BCUT2D eigenvalue weighted by atomic mass is 32.2. The molecule has 94 valence electrons. The second kappa shape index (κ2) is 7.14. The van der Waals surface area contributed by atoms with Crippen LogP contribution in [0.3, 0.4) is 0 Å². The Hall–Kier alpha value is -0.260. The van der Waals surface area contributed by atoms with Crippen molar-refractivity contribution in [2.24, 2.45) is 5.73 Å². The molecule has 16 heavy (non-hydrogen) atoms. The molecule has 1 saturated carbocycles. The molecule has 0 radical (unpaired) electrons. The molecule has 0 aromatic rings. The second-order valence-corrected chi connectivity index (χ2v) is 5.21. The van der Waals surface area contributed by atoms with Gasteiger partial charge in [0.1, 0.15) is 0 Å². The largest absolute Gasteiger partial charge is 0.395 e. The van der Waals surface area contributed by atoms with E-state index in [0.717, 1.165) is 18.6 Å². The Labute approximate surface area is 102 Å². The van der Waals surface area contributed by atoms with E-state index in [2.05, 4.69) is 0 Å². The van der Waals surface area contributed by atoms with E-state index in [9.17, 15) is 4.79 Å². The summed E-state index contributed by atoms with van der Waals surface area (Å²) < 4.78 is 0. The van der Waals surface area contributed by atoms with Gasteiger partial charge in [-0.3, -0.25) is 4.79 Å². The zero-order valence-electron chi connectivity index (χ0n) is 9.89.